The lowest BCUT2D eigenvalue weighted by molar-refractivity contribution is -0.174. The quantitative estimate of drug-likeness (QED) is 0.326. The Hall–Kier alpha value is -0.830. The molecule has 0 spiro atoms. The molecule has 1 fully saturated rings. The molecule has 0 amide bonds. The third-order valence-electron chi connectivity index (χ3n) is 1.23. The molecule has 3 nitrogen and oxygen atoms in total. The van der Waals surface area contributed by atoms with Crippen molar-refractivity contribution < 1.29 is 14.3 Å². The lowest BCUT2D eigenvalue weighted by Gasteiger charge is -2.24. The number of hydrogen-bond acceptors (Lipinski definition) is 3. The Labute approximate surface area is 59.6 Å². The van der Waals surface area contributed by atoms with Gasteiger partial charge in [0.1, 0.15) is 6.10 Å². The average molecular weight is 142 g/mol. The van der Waals surface area contributed by atoms with Gasteiger partial charge in [0.05, 0.1) is 19.6 Å². The fraction of sp³-hybridized carbons (Fsp3) is 0.571. The molecule has 1 heterocycles. The van der Waals surface area contributed by atoms with Gasteiger partial charge >= 0.3 is 5.97 Å². The summed E-state index contributed by atoms with van der Waals surface area (Å²) < 4.78 is 9.73. The Bertz CT molecular complexity index is 134. The topological polar surface area (TPSA) is 35.5 Å². The van der Waals surface area contributed by atoms with E-state index in [9.17, 15) is 4.79 Å². The van der Waals surface area contributed by atoms with E-state index in [-0.39, 0.29) is 12.1 Å². The van der Waals surface area contributed by atoms with E-state index < -0.39 is 0 Å². The van der Waals surface area contributed by atoms with Gasteiger partial charge in [-0.25, -0.2) is 0 Å². The molecule has 3 heteroatoms. The van der Waals surface area contributed by atoms with Crippen molar-refractivity contribution in [1.29, 1.82) is 0 Å². The Morgan fingerprint density at radius 3 is 3.10 bits per heavy atom. The summed E-state index contributed by atoms with van der Waals surface area (Å²) in [5, 5.41) is 0. The molecule has 0 aromatic heterocycles. The minimum atomic E-state index is -0.132. The lowest BCUT2D eigenvalue weighted by Crippen LogP contribution is -2.36. The summed E-state index contributed by atoms with van der Waals surface area (Å²) in [7, 11) is 0. The van der Waals surface area contributed by atoms with E-state index in [2.05, 4.69) is 11.3 Å². The van der Waals surface area contributed by atoms with E-state index >= 15 is 0 Å². The maximum Gasteiger partial charge on any atom is 0.310 e. The van der Waals surface area contributed by atoms with E-state index in [0.29, 0.717) is 19.6 Å². The zero-order valence-electron chi connectivity index (χ0n) is 5.71. The summed E-state index contributed by atoms with van der Waals surface area (Å²) in [4.78, 5) is 10.2. The van der Waals surface area contributed by atoms with Crippen LogP contribution in [0.15, 0.2) is 12.7 Å². The van der Waals surface area contributed by atoms with Crippen LogP contribution in [-0.2, 0) is 14.3 Å². The zero-order valence-corrected chi connectivity index (χ0v) is 5.71. The predicted molar refractivity (Wildman–Crippen MR) is 35.5 cm³/mol. The highest BCUT2D eigenvalue weighted by Gasteiger charge is 2.27. The monoisotopic (exact) mass is 142 g/mol. The highest BCUT2D eigenvalue weighted by Crippen LogP contribution is 2.12. The van der Waals surface area contributed by atoms with Gasteiger partial charge in [0, 0.05) is 0 Å². The Balaban J connectivity index is 1.95. The van der Waals surface area contributed by atoms with Gasteiger partial charge in [-0.15, -0.1) is 6.58 Å². The SMILES string of the molecule is C=CCOC[C@H]1CC(=O)O1. The first-order valence-electron chi connectivity index (χ1n) is 3.21. The van der Waals surface area contributed by atoms with Crippen LogP contribution in [0.25, 0.3) is 0 Å². The van der Waals surface area contributed by atoms with Crippen LogP contribution in [0.4, 0.5) is 0 Å². The molecule has 10 heavy (non-hydrogen) atoms. The minimum Gasteiger partial charge on any atom is -0.459 e. The Morgan fingerprint density at radius 1 is 1.90 bits per heavy atom. The normalized spacial score (nSPS) is 23.2. The molecule has 56 valence electrons. The first-order valence-corrected chi connectivity index (χ1v) is 3.21. The van der Waals surface area contributed by atoms with E-state index in [1.54, 1.807) is 6.08 Å². The van der Waals surface area contributed by atoms with E-state index in [1.165, 1.54) is 0 Å². The summed E-state index contributed by atoms with van der Waals surface area (Å²) >= 11 is 0. The van der Waals surface area contributed by atoms with Crippen molar-refractivity contribution in [3.8, 4) is 0 Å². The third kappa shape index (κ3) is 1.84. The van der Waals surface area contributed by atoms with Crippen LogP contribution in [0.1, 0.15) is 6.42 Å². The minimum absolute atomic E-state index is 0.00699. The molecular weight excluding hydrogens is 132 g/mol. The molecule has 0 radical (unpaired) electrons. The summed E-state index contributed by atoms with van der Waals surface area (Å²) in [6.45, 7) is 4.50. The highest BCUT2D eigenvalue weighted by atomic mass is 16.6. The molecule has 0 saturated carbocycles. The van der Waals surface area contributed by atoms with Crippen molar-refractivity contribution in [3.05, 3.63) is 12.7 Å². The maximum absolute atomic E-state index is 10.2. The second kappa shape index (κ2) is 3.37. The Kier molecular flexibility index (Phi) is 2.45. The molecule has 0 N–H and O–H groups in total. The number of cyclic esters (lactones) is 1. The van der Waals surface area contributed by atoms with Crippen LogP contribution in [0.3, 0.4) is 0 Å². The molecule has 1 saturated heterocycles. The number of carbonyl (C=O) groups is 1. The van der Waals surface area contributed by atoms with Crippen LogP contribution in [0.5, 0.6) is 0 Å². The van der Waals surface area contributed by atoms with Crippen LogP contribution < -0.4 is 0 Å². The molecule has 0 aromatic carbocycles. The van der Waals surface area contributed by atoms with Crippen LogP contribution in [-0.4, -0.2) is 25.3 Å². The first-order chi connectivity index (χ1) is 4.83. The van der Waals surface area contributed by atoms with Gasteiger partial charge in [0.15, 0.2) is 0 Å². The summed E-state index contributed by atoms with van der Waals surface area (Å²) in [5.41, 5.74) is 0. The lowest BCUT2D eigenvalue weighted by atomic mass is 10.2. The van der Waals surface area contributed by atoms with Crippen molar-refractivity contribution in [2.24, 2.45) is 0 Å². The zero-order chi connectivity index (χ0) is 7.40. The summed E-state index contributed by atoms with van der Waals surface area (Å²) in [6, 6.07) is 0. The number of esters is 1. The molecule has 1 aliphatic rings. The van der Waals surface area contributed by atoms with Crippen LogP contribution >= 0.6 is 0 Å². The number of rotatable bonds is 4. The molecule has 0 aliphatic carbocycles. The van der Waals surface area contributed by atoms with Crippen molar-refractivity contribution in [2.75, 3.05) is 13.2 Å². The van der Waals surface area contributed by atoms with Crippen molar-refractivity contribution in [3.63, 3.8) is 0 Å². The molecule has 0 unspecified atom stereocenters. The van der Waals surface area contributed by atoms with Gasteiger partial charge in [-0.1, -0.05) is 6.08 Å². The van der Waals surface area contributed by atoms with Gasteiger partial charge in [-0.2, -0.15) is 0 Å². The largest absolute Gasteiger partial charge is 0.459 e. The molecule has 1 rings (SSSR count). The number of ether oxygens (including phenoxy) is 2. The molecule has 1 atom stereocenters. The van der Waals surface area contributed by atoms with Crippen LogP contribution in [0, 0.1) is 0 Å². The van der Waals surface area contributed by atoms with Crippen molar-refractivity contribution in [2.45, 2.75) is 12.5 Å². The molecular formula is C7H10O3. The van der Waals surface area contributed by atoms with E-state index in [4.69, 9.17) is 4.74 Å². The fourth-order valence-electron chi connectivity index (χ4n) is 0.738. The van der Waals surface area contributed by atoms with Gasteiger partial charge in [0.25, 0.3) is 0 Å². The summed E-state index contributed by atoms with van der Waals surface area (Å²) in [5.74, 6) is -0.132. The molecule has 0 bridgehead atoms. The molecule has 1 aliphatic heterocycles. The Morgan fingerprint density at radius 2 is 2.60 bits per heavy atom. The smallest absolute Gasteiger partial charge is 0.310 e. The van der Waals surface area contributed by atoms with E-state index in [0.717, 1.165) is 0 Å². The molecule has 0 aromatic rings. The second-order valence-corrected chi connectivity index (χ2v) is 2.14. The summed E-state index contributed by atoms with van der Waals surface area (Å²) in [6.07, 6.45) is 2.16. The van der Waals surface area contributed by atoms with Gasteiger partial charge in [-0.05, 0) is 0 Å². The average Bonchev–Trinajstić information content (AvgIpc) is 1.85. The van der Waals surface area contributed by atoms with Crippen molar-refractivity contribution in [1.82, 2.24) is 0 Å². The number of carbonyl (C=O) groups excluding carboxylic acids is 1. The highest BCUT2D eigenvalue weighted by molar-refractivity contribution is 5.75. The van der Waals surface area contributed by atoms with Gasteiger partial charge in [-0.3, -0.25) is 4.79 Å². The van der Waals surface area contributed by atoms with Gasteiger partial charge < -0.3 is 9.47 Å². The predicted octanol–water partition coefficient (Wildman–Crippen LogP) is 0.504. The van der Waals surface area contributed by atoms with Crippen molar-refractivity contribution >= 4 is 5.97 Å². The van der Waals surface area contributed by atoms with Crippen LogP contribution in [0.2, 0.25) is 0 Å². The third-order valence-corrected chi connectivity index (χ3v) is 1.23. The van der Waals surface area contributed by atoms with E-state index in [1.807, 2.05) is 0 Å². The first kappa shape index (κ1) is 7.28. The standard InChI is InChI=1S/C7H10O3/c1-2-3-9-5-6-4-7(8)10-6/h2,6H,1,3-5H2/t6-/m1/s1. The fourth-order valence-corrected chi connectivity index (χ4v) is 0.738. The maximum atomic E-state index is 10.2. The van der Waals surface area contributed by atoms with Gasteiger partial charge in [0.2, 0.25) is 0 Å². The second-order valence-electron chi connectivity index (χ2n) is 2.14. The number of hydrogen-bond donors (Lipinski definition) is 0.